The predicted molar refractivity (Wildman–Crippen MR) is 118 cm³/mol. The molecule has 0 saturated carbocycles. The number of aromatic hydroxyl groups is 1. The largest absolute Gasteiger partial charge is 0.505 e. The number of nitrogens with two attached hydrogens (primary N) is 1. The van der Waals surface area contributed by atoms with Gasteiger partial charge in [0, 0.05) is 31.3 Å². The van der Waals surface area contributed by atoms with Crippen molar-refractivity contribution < 1.29 is 28.6 Å². The van der Waals surface area contributed by atoms with Crippen molar-refractivity contribution in [2.75, 3.05) is 26.3 Å². The third kappa shape index (κ3) is 3.55. The molecule has 4 heterocycles. The van der Waals surface area contributed by atoms with Crippen LogP contribution in [0.15, 0.2) is 41.0 Å². The van der Waals surface area contributed by atoms with E-state index in [0.29, 0.717) is 31.9 Å². The van der Waals surface area contributed by atoms with Crippen molar-refractivity contribution in [2.45, 2.75) is 6.42 Å². The fourth-order valence-electron chi connectivity index (χ4n) is 4.04. The molecule has 0 bridgehead atoms. The number of hydrogen-bond acceptors (Lipinski definition) is 7. The molecule has 0 aliphatic carbocycles. The third-order valence-corrected chi connectivity index (χ3v) is 5.74. The second kappa shape index (κ2) is 8.27. The van der Waals surface area contributed by atoms with Crippen molar-refractivity contribution >= 4 is 29.0 Å². The van der Waals surface area contributed by atoms with Gasteiger partial charge in [-0.15, -0.1) is 0 Å². The van der Waals surface area contributed by atoms with Crippen LogP contribution in [0.5, 0.6) is 11.5 Å². The quantitative estimate of drug-likeness (QED) is 0.585. The number of nitrogens with zero attached hydrogens (tertiary/aromatic N) is 3. The molecule has 3 N–H and O–H groups in total. The van der Waals surface area contributed by atoms with Crippen LogP contribution in [0.2, 0.25) is 0 Å². The molecule has 0 radical (unpaired) electrons. The lowest BCUT2D eigenvalue weighted by Gasteiger charge is -2.29. The molecule has 2 amide bonds. The van der Waals surface area contributed by atoms with Gasteiger partial charge in [0.15, 0.2) is 11.5 Å². The number of pyridine rings is 2. The normalized spacial score (nSPS) is 15.1. The summed E-state index contributed by atoms with van der Waals surface area (Å²) in [6.07, 6.45) is 2.82. The first-order chi connectivity index (χ1) is 16.3. The summed E-state index contributed by atoms with van der Waals surface area (Å²) in [4.78, 5) is 43.9. The summed E-state index contributed by atoms with van der Waals surface area (Å²) >= 11 is 0. The zero-order chi connectivity index (χ0) is 24.0. The minimum atomic E-state index is -1.13. The molecule has 1 fully saturated rings. The van der Waals surface area contributed by atoms with Crippen LogP contribution in [-0.4, -0.2) is 57.7 Å². The van der Waals surface area contributed by atoms with Crippen LogP contribution >= 0.6 is 0 Å². The summed E-state index contributed by atoms with van der Waals surface area (Å²) in [5.41, 5.74) is 5.00. The lowest BCUT2D eigenvalue weighted by Crippen LogP contribution is -2.43. The van der Waals surface area contributed by atoms with Crippen LogP contribution in [-0.2, 0) is 16.0 Å². The van der Waals surface area contributed by atoms with Crippen molar-refractivity contribution in [3.8, 4) is 11.5 Å². The van der Waals surface area contributed by atoms with E-state index in [1.807, 2.05) is 0 Å². The molecule has 11 heteroatoms. The number of amides is 2. The highest BCUT2D eigenvalue weighted by Crippen LogP contribution is 2.38. The smallest absolute Gasteiger partial charge is 0.291 e. The molecule has 2 aromatic heterocycles. The van der Waals surface area contributed by atoms with Gasteiger partial charge in [-0.2, -0.15) is 0 Å². The zero-order valence-corrected chi connectivity index (χ0v) is 17.8. The maximum Gasteiger partial charge on any atom is 0.291 e. The second-order valence-electron chi connectivity index (χ2n) is 7.88. The first-order valence-electron chi connectivity index (χ1n) is 10.4. The van der Waals surface area contributed by atoms with Crippen molar-refractivity contribution in [1.82, 2.24) is 14.5 Å². The van der Waals surface area contributed by atoms with Crippen LogP contribution in [0, 0.1) is 5.82 Å². The van der Waals surface area contributed by atoms with Gasteiger partial charge >= 0.3 is 0 Å². The molecule has 1 aromatic carbocycles. The maximum absolute atomic E-state index is 13.4. The van der Waals surface area contributed by atoms with Gasteiger partial charge in [-0.05, 0) is 17.7 Å². The van der Waals surface area contributed by atoms with E-state index in [1.54, 1.807) is 12.1 Å². The van der Waals surface area contributed by atoms with Gasteiger partial charge in [-0.3, -0.25) is 23.9 Å². The van der Waals surface area contributed by atoms with Gasteiger partial charge in [0.1, 0.15) is 22.4 Å². The molecule has 0 atom stereocenters. The number of morpholine rings is 1. The topological polar surface area (TPSA) is 137 Å². The Balaban J connectivity index is 1.70. The fraction of sp³-hybridized carbons (Fsp3) is 0.217. The molecule has 2 aliphatic heterocycles. The fourth-order valence-corrected chi connectivity index (χ4v) is 4.04. The van der Waals surface area contributed by atoms with E-state index in [9.17, 15) is 23.9 Å². The Labute approximate surface area is 191 Å². The first kappa shape index (κ1) is 21.6. The van der Waals surface area contributed by atoms with Crippen molar-refractivity contribution in [3.05, 3.63) is 69.1 Å². The molecule has 174 valence electrons. The average molecular weight is 466 g/mol. The second-order valence-corrected chi connectivity index (χ2v) is 7.88. The molecular weight excluding hydrogens is 447 g/mol. The summed E-state index contributed by atoms with van der Waals surface area (Å²) in [5.74, 6) is -2.68. The summed E-state index contributed by atoms with van der Waals surface area (Å²) in [7, 11) is 0. The Kier molecular flexibility index (Phi) is 5.25. The molecule has 2 aliphatic rings. The molecule has 0 spiro atoms. The highest BCUT2D eigenvalue weighted by molar-refractivity contribution is 6.04. The number of carbonyl (C=O) groups excluding carboxylic acids is 2. The van der Waals surface area contributed by atoms with E-state index in [1.165, 1.54) is 29.4 Å². The maximum atomic E-state index is 13.4. The Hall–Kier alpha value is -4.25. The van der Waals surface area contributed by atoms with Crippen molar-refractivity contribution in [1.29, 1.82) is 0 Å². The van der Waals surface area contributed by atoms with Crippen LogP contribution < -0.4 is 16.0 Å². The number of hydrogen-bond donors (Lipinski definition) is 2. The van der Waals surface area contributed by atoms with Gasteiger partial charge in [0.2, 0.25) is 5.76 Å². The molecule has 5 rings (SSSR count). The van der Waals surface area contributed by atoms with E-state index in [0.717, 1.165) is 10.1 Å². The number of ether oxygens (including phenoxy) is 2. The van der Waals surface area contributed by atoms with Crippen LogP contribution in [0.1, 0.15) is 21.5 Å². The van der Waals surface area contributed by atoms with Gasteiger partial charge in [0.25, 0.3) is 17.4 Å². The summed E-state index contributed by atoms with van der Waals surface area (Å²) < 4.78 is 25.7. The van der Waals surface area contributed by atoms with E-state index in [-0.39, 0.29) is 29.0 Å². The number of primary amides is 1. The number of benzene rings is 1. The summed E-state index contributed by atoms with van der Waals surface area (Å²) in [6, 6.07) is 5.80. The first-order valence-corrected chi connectivity index (χ1v) is 10.4. The Morgan fingerprint density at radius 3 is 2.56 bits per heavy atom. The molecule has 1 saturated heterocycles. The monoisotopic (exact) mass is 466 g/mol. The van der Waals surface area contributed by atoms with Crippen LogP contribution in [0.25, 0.3) is 17.2 Å². The molecule has 10 nitrogen and oxygen atoms in total. The standard InChI is InChI=1S/C23H19FN4O6/c24-14-3-1-12(2-4-14)9-13-10-26-17-18-20(13)34-15(22(31)27-5-7-33-8-6-27)11-28(18)23(32)16(19(17)29)21(25)30/h1-4,10-11,29H,5-9H2,(H2,25,30). The number of halogens is 1. The minimum Gasteiger partial charge on any atom is -0.505 e. The number of carbonyl (C=O) groups is 2. The number of aromatic nitrogens is 2. The van der Waals surface area contributed by atoms with E-state index < -0.39 is 34.5 Å². The lowest BCUT2D eigenvalue weighted by molar-refractivity contribution is -0.133. The molecule has 34 heavy (non-hydrogen) atoms. The minimum absolute atomic E-state index is 0.0830. The Morgan fingerprint density at radius 1 is 1.18 bits per heavy atom. The highest BCUT2D eigenvalue weighted by atomic mass is 19.1. The lowest BCUT2D eigenvalue weighted by atomic mass is 10.0. The molecular formula is C23H19FN4O6. The van der Waals surface area contributed by atoms with E-state index in [4.69, 9.17) is 15.2 Å². The Bertz CT molecular complexity index is 1420. The van der Waals surface area contributed by atoms with E-state index in [2.05, 4.69) is 4.98 Å². The Morgan fingerprint density at radius 2 is 1.88 bits per heavy atom. The van der Waals surface area contributed by atoms with Crippen molar-refractivity contribution in [3.63, 3.8) is 0 Å². The SMILES string of the molecule is NC(=O)c1c(O)c2ncc(Cc3ccc(F)cc3)c3c2n(c1=O)C=C(C(=O)N1CCOCC1)O3. The highest BCUT2D eigenvalue weighted by Gasteiger charge is 2.31. The van der Waals surface area contributed by atoms with Gasteiger partial charge in [-0.1, -0.05) is 12.1 Å². The van der Waals surface area contributed by atoms with Crippen molar-refractivity contribution in [2.24, 2.45) is 5.73 Å². The average Bonchev–Trinajstić information content (AvgIpc) is 2.84. The van der Waals surface area contributed by atoms with Crippen LogP contribution in [0.4, 0.5) is 4.39 Å². The zero-order valence-electron chi connectivity index (χ0n) is 17.8. The third-order valence-electron chi connectivity index (χ3n) is 5.74. The van der Waals surface area contributed by atoms with E-state index >= 15 is 0 Å². The predicted octanol–water partition coefficient (Wildman–Crippen LogP) is 0.980. The van der Waals surface area contributed by atoms with Gasteiger partial charge < -0.3 is 25.2 Å². The van der Waals surface area contributed by atoms with Gasteiger partial charge in [0.05, 0.1) is 19.4 Å². The summed E-state index contributed by atoms with van der Waals surface area (Å²) in [6.45, 7) is 1.42. The summed E-state index contributed by atoms with van der Waals surface area (Å²) in [5, 5.41) is 10.6. The van der Waals surface area contributed by atoms with Gasteiger partial charge in [-0.25, -0.2) is 4.39 Å². The van der Waals surface area contributed by atoms with Crippen LogP contribution in [0.3, 0.4) is 0 Å². The number of rotatable bonds is 4. The molecule has 3 aromatic rings. The molecule has 0 unspecified atom stereocenters.